The lowest BCUT2D eigenvalue weighted by Gasteiger charge is -2.30. The molecule has 0 N–H and O–H groups in total. The molecule has 0 spiro atoms. The zero-order chi connectivity index (χ0) is 13.0. The number of esters is 1. The SMILES string of the molecule is COC(=O)c1cc(CN2CCCC(C)C2)ccn1. The molecule has 1 atom stereocenters. The van der Waals surface area contributed by atoms with Crippen LogP contribution in [-0.4, -0.2) is 36.1 Å². The Bertz CT molecular complexity index is 420. The van der Waals surface area contributed by atoms with Crippen LogP contribution in [0.4, 0.5) is 0 Å². The molecule has 0 radical (unpaired) electrons. The van der Waals surface area contributed by atoms with Gasteiger partial charge in [0.05, 0.1) is 7.11 Å². The summed E-state index contributed by atoms with van der Waals surface area (Å²) in [6, 6.07) is 3.79. The van der Waals surface area contributed by atoms with Crippen molar-refractivity contribution in [2.24, 2.45) is 5.92 Å². The number of pyridine rings is 1. The van der Waals surface area contributed by atoms with Gasteiger partial charge in [-0.1, -0.05) is 6.92 Å². The molecule has 1 aromatic heterocycles. The minimum absolute atomic E-state index is 0.371. The Labute approximate surface area is 108 Å². The van der Waals surface area contributed by atoms with E-state index in [1.165, 1.54) is 20.0 Å². The van der Waals surface area contributed by atoms with Gasteiger partial charge in [0, 0.05) is 19.3 Å². The fourth-order valence-corrected chi connectivity index (χ4v) is 2.48. The van der Waals surface area contributed by atoms with Gasteiger partial charge in [-0.3, -0.25) is 4.90 Å². The standard InChI is InChI=1S/C14H20N2O2/c1-11-4-3-7-16(9-11)10-12-5-6-15-13(8-12)14(17)18-2/h5-6,8,11H,3-4,7,9-10H2,1-2H3. The second-order valence-corrected chi connectivity index (χ2v) is 5.02. The van der Waals surface area contributed by atoms with Gasteiger partial charge in [0.15, 0.2) is 0 Å². The first-order valence-electron chi connectivity index (χ1n) is 6.44. The topological polar surface area (TPSA) is 42.4 Å². The van der Waals surface area contributed by atoms with Crippen LogP contribution < -0.4 is 0 Å². The van der Waals surface area contributed by atoms with Crippen molar-refractivity contribution in [3.05, 3.63) is 29.6 Å². The van der Waals surface area contributed by atoms with Crippen LogP contribution in [0.2, 0.25) is 0 Å². The molecule has 1 saturated heterocycles. The van der Waals surface area contributed by atoms with Gasteiger partial charge in [0.25, 0.3) is 0 Å². The molecule has 4 nitrogen and oxygen atoms in total. The van der Waals surface area contributed by atoms with Gasteiger partial charge in [-0.25, -0.2) is 9.78 Å². The molecule has 1 aromatic rings. The van der Waals surface area contributed by atoms with Crippen LogP contribution in [0.25, 0.3) is 0 Å². The molecule has 18 heavy (non-hydrogen) atoms. The Morgan fingerprint density at radius 3 is 3.17 bits per heavy atom. The van der Waals surface area contributed by atoms with E-state index in [0.29, 0.717) is 5.69 Å². The van der Waals surface area contributed by atoms with E-state index in [1.54, 1.807) is 6.20 Å². The first kappa shape index (κ1) is 13.0. The number of aromatic nitrogens is 1. The molecule has 0 aromatic carbocycles. The van der Waals surface area contributed by atoms with Crippen molar-refractivity contribution in [1.29, 1.82) is 0 Å². The summed E-state index contributed by atoms with van der Waals surface area (Å²) in [5.74, 6) is 0.393. The number of carbonyl (C=O) groups is 1. The van der Waals surface area contributed by atoms with Gasteiger partial charge in [-0.2, -0.15) is 0 Å². The average Bonchev–Trinajstić information content (AvgIpc) is 2.38. The molecule has 1 unspecified atom stereocenters. The molecule has 1 fully saturated rings. The highest BCUT2D eigenvalue weighted by Gasteiger charge is 2.17. The summed E-state index contributed by atoms with van der Waals surface area (Å²) in [7, 11) is 1.38. The highest BCUT2D eigenvalue weighted by molar-refractivity contribution is 5.87. The molecule has 2 heterocycles. The van der Waals surface area contributed by atoms with Gasteiger partial charge in [-0.15, -0.1) is 0 Å². The van der Waals surface area contributed by atoms with E-state index in [4.69, 9.17) is 0 Å². The van der Waals surface area contributed by atoms with Gasteiger partial charge in [0.1, 0.15) is 5.69 Å². The molecule has 0 bridgehead atoms. The van der Waals surface area contributed by atoms with Crippen LogP contribution in [0.15, 0.2) is 18.3 Å². The minimum atomic E-state index is -0.371. The Balaban J connectivity index is 2.02. The Morgan fingerprint density at radius 2 is 2.44 bits per heavy atom. The van der Waals surface area contributed by atoms with E-state index in [-0.39, 0.29) is 5.97 Å². The van der Waals surface area contributed by atoms with Crippen molar-refractivity contribution in [1.82, 2.24) is 9.88 Å². The van der Waals surface area contributed by atoms with Crippen molar-refractivity contribution in [3.8, 4) is 0 Å². The summed E-state index contributed by atoms with van der Waals surface area (Å²) in [5, 5.41) is 0. The summed E-state index contributed by atoms with van der Waals surface area (Å²) in [5.41, 5.74) is 1.51. The first-order valence-corrected chi connectivity index (χ1v) is 6.44. The number of likely N-dealkylation sites (tertiary alicyclic amines) is 1. The second kappa shape index (κ2) is 5.96. The fourth-order valence-electron chi connectivity index (χ4n) is 2.48. The zero-order valence-electron chi connectivity index (χ0n) is 11.1. The Hall–Kier alpha value is -1.42. The van der Waals surface area contributed by atoms with Crippen LogP contribution in [0.5, 0.6) is 0 Å². The van der Waals surface area contributed by atoms with E-state index < -0.39 is 0 Å². The second-order valence-electron chi connectivity index (χ2n) is 5.02. The molecule has 2 rings (SSSR count). The minimum Gasteiger partial charge on any atom is -0.464 e. The van der Waals surface area contributed by atoms with E-state index in [2.05, 4.69) is 21.5 Å². The van der Waals surface area contributed by atoms with Gasteiger partial charge in [0.2, 0.25) is 0 Å². The quantitative estimate of drug-likeness (QED) is 0.768. The van der Waals surface area contributed by atoms with Crippen LogP contribution in [0.3, 0.4) is 0 Å². The van der Waals surface area contributed by atoms with E-state index in [1.807, 2.05) is 12.1 Å². The molecule has 4 heteroatoms. The predicted molar refractivity (Wildman–Crippen MR) is 69.3 cm³/mol. The normalized spacial score (nSPS) is 20.7. The van der Waals surface area contributed by atoms with Crippen molar-refractivity contribution in [2.75, 3.05) is 20.2 Å². The van der Waals surface area contributed by atoms with Crippen molar-refractivity contribution in [2.45, 2.75) is 26.3 Å². The monoisotopic (exact) mass is 248 g/mol. The lowest BCUT2D eigenvalue weighted by molar-refractivity contribution is 0.0593. The molecule has 0 aliphatic carbocycles. The van der Waals surface area contributed by atoms with Crippen molar-refractivity contribution >= 4 is 5.97 Å². The maximum atomic E-state index is 11.4. The average molecular weight is 248 g/mol. The summed E-state index contributed by atoms with van der Waals surface area (Å²) in [6.07, 6.45) is 4.26. The fraction of sp³-hybridized carbons (Fsp3) is 0.571. The number of nitrogens with zero attached hydrogens (tertiary/aromatic N) is 2. The van der Waals surface area contributed by atoms with Crippen LogP contribution >= 0.6 is 0 Å². The largest absolute Gasteiger partial charge is 0.464 e. The first-order chi connectivity index (χ1) is 8.69. The Kier molecular flexibility index (Phi) is 4.31. The predicted octanol–water partition coefficient (Wildman–Crippen LogP) is 2.10. The summed E-state index contributed by atoms with van der Waals surface area (Å²) < 4.78 is 4.68. The third-order valence-electron chi connectivity index (χ3n) is 3.37. The smallest absolute Gasteiger partial charge is 0.356 e. The summed E-state index contributed by atoms with van der Waals surface area (Å²) in [4.78, 5) is 17.9. The van der Waals surface area contributed by atoms with Gasteiger partial charge < -0.3 is 4.74 Å². The molecule has 0 saturated carbocycles. The molecule has 1 aliphatic heterocycles. The van der Waals surface area contributed by atoms with Crippen LogP contribution in [0.1, 0.15) is 35.8 Å². The van der Waals surface area contributed by atoms with Crippen molar-refractivity contribution in [3.63, 3.8) is 0 Å². The van der Waals surface area contributed by atoms with Crippen molar-refractivity contribution < 1.29 is 9.53 Å². The maximum Gasteiger partial charge on any atom is 0.356 e. The zero-order valence-corrected chi connectivity index (χ0v) is 11.1. The molecule has 1 aliphatic rings. The molecular formula is C14H20N2O2. The highest BCUT2D eigenvalue weighted by atomic mass is 16.5. The lowest BCUT2D eigenvalue weighted by atomic mass is 10.00. The molecule has 98 valence electrons. The number of ether oxygens (including phenoxy) is 1. The van der Waals surface area contributed by atoms with E-state index in [9.17, 15) is 4.79 Å². The number of hydrogen-bond donors (Lipinski definition) is 0. The number of rotatable bonds is 3. The summed E-state index contributed by atoms with van der Waals surface area (Å²) >= 11 is 0. The van der Waals surface area contributed by atoms with E-state index >= 15 is 0 Å². The maximum absolute atomic E-state index is 11.4. The lowest BCUT2D eigenvalue weighted by Crippen LogP contribution is -2.33. The number of methoxy groups -OCH3 is 1. The number of piperidine rings is 1. The molecule has 0 amide bonds. The Morgan fingerprint density at radius 1 is 1.61 bits per heavy atom. The third-order valence-corrected chi connectivity index (χ3v) is 3.37. The third kappa shape index (κ3) is 3.29. The number of hydrogen-bond acceptors (Lipinski definition) is 4. The summed E-state index contributed by atoms with van der Waals surface area (Å²) in [6.45, 7) is 5.45. The van der Waals surface area contributed by atoms with Gasteiger partial charge >= 0.3 is 5.97 Å². The highest BCUT2D eigenvalue weighted by Crippen LogP contribution is 2.17. The van der Waals surface area contributed by atoms with Crippen LogP contribution in [-0.2, 0) is 11.3 Å². The van der Waals surface area contributed by atoms with Crippen LogP contribution in [0, 0.1) is 5.92 Å². The molecular weight excluding hydrogens is 228 g/mol. The van der Waals surface area contributed by atoms with E-state index in [0.717, 1.165) is 31.1 Å². The number of carbonyl (C=O) groups excluding carboxylic acids is 1. The van der Waals surface area contributed by atoms with Gasteiger partial charge in [-0.05, 0) is 43.0 Å².